The average molecular weight is 182 g/mol. The van der Waals surface area contributed by atoms with E-state index in [9.17, 15) is 0 Å². The molecule has 2 atom stereocenters. The minimum Gasteiger partial charge on any atom is -0.0625 e. The molecular weight excluding hydrogens is 156 g/mol. The summed E-state index contributed by atoms with van der Waals surface area (Å²) in [4.78, 5) is 0. The van der Waals surface area contributed by atoms with Crippen molar-refractivity contribution in [3.8, 4) is 0 Å². The highest BCUT2D eigenvalue weighted by Gasteiger charge is 2.55. The van der Waals surface area contributed by atoms with E-state index in [2.05, 4.69) is 48.5 Å². The summed E-state index contributed by atoms with van der Waals surface area (Å²) < 4.78 is 0. The van der Waals surface area contributed by atoms with Crippen molar-refractivity contribution < 1.29 is 0 Å². The van der Waals surface area contributed by atoms with Gasteiger partial charge >= 0.3 is 0 Å². The van der Waals surface area contributed by atoms with Gasteiger partial charge in [0.15, 0.2) is 0 Å². The second kappa shape index (κ2) is 3.00. The monoisotopic (exact) mass is 182 g/mol. The van der Waals surface area contributed by atoms with Crippen molar-refractivity contribution in [2.45, 2.75) is 54.9 Å². The molecule has 1 aliphatic rings. The molecule has 0 aromatic heterocycles. The molecule has 1 saturated carbocycles. The summed E-state index contributed by atoms with van der Waals surface area (Å²) in [6.45, 7) is 16.8. The Labute approximate surface area is 84.1 Å². The summed E-state index contributed by atoms with van der Waals surface area (Å²) in [5.41, 5.74) is 1.09. The molecule has 2 unspecified atom stereocenters. The van der Waals surface area contributed by atoms with Crippen LogP contribution < -0.4 is 0 Å². The molecule has 13 heavy (non-hydrogen) atoms. The predicted molar refractivity (Wildman–Crippen MR) is 59.7 cm³/mol. The zero-order valence-electron chi connectivity index (χ0n) is 10.4. The summed E-state index contributed by atoms with van der Waals surface area (Å²) in [5.74, 6) is 2.64. The maximum absolute atomic E-state index is 2.44. The first-order valence-electron chi connectivity index (χ1n) is 5.70. The van der Waals surface area contributed by atoms with Crippen molar-refractivity contribution in [1.82, 2.24) is 0 Å². The molecule has 1 fully saturated rings. The second-order valence-electron chi connectivity index (χ2n) is 6.52. The third kappa shape index (κ3) is 1.53. The van der Waals surface area contributed by atoms with Gasteiger partial charge in [-0.15, -0.1) is 0 Å². The molecule has 0 aromatic carbocycles. The molecule has 0 saturated heterocycles. The lowest BCUT2D eigenvalue weighted by Crippen LogP contribution is -2.54. The molecule has 0 spiro atoms. The lowest BCUT2D eigenvalue weighted by Gasteiger charge is -2.62. The Kier molecular flexibility index (Phi) is 2.56. The van der Waals surface area contributed by atoms with E-state index in [-0.39, 0.29) is 0 Å². The molecule has 0 nitrogen and oxygen atoms in total. The van der Waals surface area contributed by atoms with E-state index >= 15 is 0 Å². The normalized spacial score (nSPS) is 32.8. The molecule has 0 N–H and O–H groups in total. The highest BCUT2D eigenvalue weighted by Crippen LogP contribution is 2.63. The van der Waals surface area contributed by atoms with Crippen LogP contribution in [0.3, 0.4) is 0 Å². The summed E-state index contributed by atoms with van der Waals surface area (Å²) in [6.07, 6.45) is 1.42. The van der Waals surface area contributed by atoms with Crippen LogP contribution in [0.5, 0.6) is 0 Å². The molecule has 0 aromatic rings. The molecule has 0 bridgehead atoms. The van der Waals surface area contributed by atoms with Gasteiger partial charge in [-0.3, -0.25) is 0 Å². The quantitative estimate of drug-likeness (QED) is 0.595. The summed E-state index contributed by atoms with van der Waals surface area (Å²) >= 11 is 0. The maximum Gasteiger partial charge on any atom is -0.0272 e. The first kappa shape index (κ1) is 11.1. The highest BCUT2D eigenvalue weighted by molar-refractivity contribution is 5.04. The van der Waals surface area contributed by atoms with Crippen LogP contribution in [-0.2, 0) is 0 Å². The van der Waals surface area contributed by atoms with Gasteiger partial charge in [-0.1, -0.05) is 48.5 Å². The van der Waals surface area contributed by atoms with E-state index in [0.29, 0.717) is 10.8 Å². The molecule has 0 heterocycles. The van der Waals surface area contributed by atoms with Crippen molar-refractivity contribution in [3.63, 3.8) is 0 Å². The minimum atomic E-state index is 0.538. The number of hydrogen-bond donors (Lipinski definition) is 0. The largest absolute Gasteiger partial charge is 0.0625 e. The summed E-state index contributed by atoms with van der Waals surface area (Å²) in [7, 11) is 0. The van der Waals surface area contributed by atoms with E-state index in [1.54, 1.807) is 0 Å². The fraction of sp³-hybridized carbons (Fsp3) is 1.00. The van der Waals surface area contributed by atoms with Crippen molar-refractivity contribution in [1.29, 1.82) is 0 Å². The smallest absolute Gasteiger partial charge is 0.0272 e. The van der Waals surface area contributed by atoms with Crippen molar-refractivity contribution in [2.75, 3.05) is 0 Å². The Bertz CT molecular complexity index is 186. The van der Waals surface area contributed by atoms with Crippen LogP contribution in [0.15, 0.2) is 0 Å². The van der Waals surface area contributed by atoms with Gasteiger partial charge in [0.25, 0.3) is 0 Å². The van der Waals surface area contributed by atoms with Crippen LogP contribution in [0.2, 0.25) is 0 Å². The fourth-order valence-corrected chi connectivity index (χ4v) is 2.75. The lowest BCUT2D eigenvalue weighted by atomic mass is 9.43. The molecule has 1 aliphatic carbocycles. The van der Waals surface area contributed by atoms with E-state index in [0.717, 1.165) is 17.8 Å². The zero-order chi connectivity index (χ0) is 10.4. The molecule has 0 radical (unpaired) electrons. The molecule has 0 heteroatoms. The third-order valence-corrected chi connectivity index (χ3v) is 5.09. The van der Waals surface area contributed by atoms with Gasteiger partial charge in [0.2, 0.25) is 0 Å². The Hall–Kier alpha value is 0. The maximum atomic E-state index is 2.44. The Morgan fingerprint density at radius 3 is 1.69 bits per heavy atom. The first-order chi connectivity index (χ1) is 5.70. The first-order valence-corrected chi connectivity index (χ1v) is 5.70. The third-order valence-electron chi connectivity index (χ3n) is 5.09. The van der Waals surface area contributed by atoms with Crippen LogP contribution in [0.4, 0.5) is 0 Å². The molecular formula is C13H26. The summed E-state index contributed by atoms with van der Waals surface area (Å²) in [5, 5.41) is 0. The average Bonchev–Trinajstić information content (AvgIpc) is 1.98. The SMILES string of the molecule is CC(C)C(C)C1CC(C)(C)C1(C)C. The Morgan fingerprint density at radius 1 is 1.00 bits per heavy atom. The van der Waals surface area contributed by atoms with E-state index in [4.69, 9.17) is 0 Å². The molecule has 0 aliphatic heterocycles. The second-order valence-corrected chi connectivity index (χ2v) is 6.52. The van der Waals surface area contributed by atoms with Crippen molar-refractivity contribution in [2.24, 2.45) is 28.6 Å². The van der Waals surface area contributed by atoms with Gasteiger partial charge in [-0.25, -0.2) is 0 Å². The van der Waals surface area contributed by atoms with Gasteiger partial charge in [0, 0.05) is 0 Å². The lowest BCUT2D eigenvalue weighted by molar-refractivity contribution is -0.127. The van der Waals surface area contributed by atoms with Crippen LogP contribution in [0.25, 0.3) is 0 Å². The van der Waals surface area contributed by atoms with E-state index in [1.807, 2.05) is 0 Å². The summed E-state index contributed by atoms with van der Waals surface area (Å²) in [6, 6.07) is 0. The Balaban J connectivity index is 2.69. The van der Waals surface area contributed by atoms with Gasteiger partial charge in [-0.05, 0) is 35.0 Å². The van der Waals surface area contributed by atoms with Gasteiger partial charge < -0.3 is 0 Å². The van der Waals surface area contributed by atoms with Crippen LogP contribution in [0, 0.1) is 28.6 Å². The van der Waals surface area contributed by atoms with Crippen LogP contribution in [0.1, 0.15) is 54.9 Å². The van der Waals surface area contributed by atoms with Crippen molar-refractivity contribution >= 4 is 0 Å². The molecule has 1 rings (SSSR count). The van der Waals surface area contributed by atoms with Crippen LogP contribution in [-0.4, -0.2) is 0 Å². The van der Waals surface area contributed by atoms with Gasteiger partial charge in [-0.2, -0.15) is 0 Å². The molecule has 78 valence electrons. The van der Waals surface area contributed by atoms with Gasteiger partial charge in [0.1, 0.15) is 0 Å². The van der Waals surface area contributed by atoms with Gasteiger partial charge in [0.05, 0.1) is 0 Å². The molecule has 0 amide bonds. The standard InChI is InChI=1S/C13H26/c1-9(2)10(3)11-8-12(4,5)13(11,6)7/h9-11H,8H2,1-7H3. The Morgan fingerprint density at radius 2 is 1.46 bits per heavy atom. The van der Waals surface area contributed by atoms with E-state index in [1.165, 1.54) is 6.42 Å². The predicted octanol–water partition coefficient (Wildman–Crippen LogP) is 4.35. The number of rotatable bonds is 2. The number of hydrogen-bond acceptors (Lipinski definition) is 0. The highest BCUT2D eigenvalue weighted by atomic mass is 14.6. The van der Waals surface area contributed by atoms with E-state index < -0.39 is 0 Å². The minimum absolute atomic E-state index is 0.538. The topological polar surface area (TPSA) is 0 Å². The van der Waals surface area contributed by atoms with Crippen LogP contribution >= 0.6 is 0 Å². The fourth-order valence-electron chi connectivity index (χ4n) is 2.75. The zero-order valence-corrected chi connectivity index (χ0v) is 10.4. The van der Waals surface area contributed by atoms with Crippen molar-refractivity contribution in [3.05, 3.63) is 0 Å².